The highest BCUT2D eigenvalue weighted by Crippen LogP contribution is 2.24. The zero-order valence-corrected chi connectivity index (χ0v) is 17.4. The van der Waals surface area contributed by atoms with E-state index in [9.17, 15) is 9.18 Å². The highest BCUT2D eigenvalue weighted by Gasteiger charge is 2.12. The zero-order chi connectivity index (χ0) is 20.9. The second kappa shape index (κ2) is 12.8. The zero-order valence-electron chi connectivity index (χ0n) is 17.4. The van der Waals surface area contributed by atoms with Gasteiger partial charge in [0.25, 0.3) is 0 Å². The minimum Gasteiger partial charge on any atom is -0.494 e. The Bertz CT molecular complexity index is 743. The highest BCUT2D eigenvalue weighted by molar-refractivity contribution is 5.91. The Hall–Kier alpha value is -2.56. The van der Waals surface area contributed by atoms with Crippen LogP contribution in [0, 0.1) is 5.82 Å². The number of carbonyl (C=O) groups is 1. The van der Waals surface area contributed by atoms with Gasteiger partial charge in [-0.25, -0.2) is 9.18 Å². The van der Waals surface area contributed by atoms with Crippen LogP contribution in [0.4, 0.5) is 4.39 Å². The molecule has 0 radical (unpaired) electrons. The summed E-state index contributed by atoms with van der Waals surface area (Å²) >= 11 is 0. The molecule has 2 aromatic rings. The average Bonchev–Trinajstić information content (AvgIpc) is 2.73. The number of rotatable bonds is 13. The van der Waals surface area contributed by atoms with Crippen molar-refractivity contribution < 1.29 is 23.4 Å². The maximum Gasteiger partial charge on any atom is 0.343 e. The normalized spacial score (nSPS) is 10.6. The lowest BCUT2D eigenvalue weighted by Gasteiger charge is -2.10. The molecule has 5 heteroatoms. The van der Waals surface area contributed by atoms with Crippen LogP contribution in [0.1, 0.15) is 69.2 Å². The minimum absolute atomic E-state index is 0.144. The molecule has 0 saturated carbocycles. The van der Waals surface area contributed by atoms with E-state index in [0.29, 0.717) is 24.5 Å². The second-order valence-corrected chi connectivity index (χ2v) is 6.97. The number of hydrogen-bond donors (Lipinski definition) is 0. The van der Waals surface area contributed by atoms with Crippen LogP contribution in [0.15, 0.2) is 42.5 Å². The van der Waals surface area contributed by atoms with Crippen molar-refractivity contribution in [3.05, 3.63) is 53.8 Å². The molecule has 0 aliphatic carbocycles. The lowest BCUT2D eigenvalue weighted by Crippen LogP contribution is -2.09. The molecule has 0 N–H and O–H groups in total. The molecule has 0 unspecified atom stereocenters. The topological polar surface area (TPSA) is 44.8 Å². The Morgan fingerprint density at radius 3 is 2.17 bits per heavy atom. The molecule has 0 aliphatic heterocycles. The lowest BCUT2D eigenvalue weighted by atomic mass is 10.1. The Kier molecular flexibility index (Phi) is 10.0. The largest absolute Gasteiger partial charge is 0.494 e. The number of benzene rings is 2. The van der Waals surface area contributed by atoms with E-state index >= 15 is 0 Å². The Balaban J connectivity index is 1.81. The number of unbranched alkanes of at least 4 members (excludes halogenated alkanes) is 5. The minimum atomic E-state index is -0.549. The summed E-state index contributed by atoms with van der Waals surface area (Å²) in [6, 6.07) is 10.9. The van der Waals surface area contributed by atoms with E-state index in [4.69, 9.17) is 14.2 Å². The molecule has 0 atom stereocenters. The molecule has 0 bridgehead atoms. The highest BCUT2D eigenvalue weighted by atomic mass is 19.1. The van der Waals surface area contributed by atoms with Crippen LogP contribution in [0.2, 0.25) is 0 Å². The average molecular weight is 403 g/mol. The van der Waals surface area contributed by atoms with E-state index in [1.165, 1.54) is 43.9 Å². The fraction of sp³-hybridized carbons (Fsp3) is 0.458. The maximum absolute atomic E-state index is 14.2. The summed E-state index contributed by atoms with van der Waals surface area (Å²) in [5.74, 6) is -0.0698. The molecule has 0 aliphatic rings. The Morgan fingerprint density at radius 1 is 0.793 bits per heavy atom. The van der Waals surface area contributed by atoms with Crippen LogP contribution in [0.3, 0.4) is 0 Å². The third-order valence-corrected chi connectivity index (χ3v) is 4.43. The summed E-state index contributed by atoms with van der Waals surface area (Å²) in [7, 11) is 0. The van der Waals surface area contributed by atoms with Gasteiger partial charge in [0.1, 0.15) is 11.5 Å². The molecule has 0 heterocycles. The van der Waals surface area contributed by atoms with Gasteiger partial charge in [0.05, 0.1) is 18.8 Å². The van der Waals surface area contributed by atoms with Gasteiger partial charge in [-0.15, -0.1) is 0 Å². The predicted octanol–water partition coefficient (Wildman–Crippen LogP) is 6.57. The lowest BCUT2D eigenvalue weighted by molar-refractivity contribution is 0.0734. The monoisotopic (exact) mass is 402 g/mol. The van der Waals surface area contributed by atoms with Crippen molar-refractivity contribution in [2.24, 2.45) is 0 Å². The first-order valence-electron chi connectivity index (χ1n) is 10.5. The van der Waals surface area contributed by atoms with Crippen molar-refractivity contribution in [3.8, 4) is 17.2 Å². The van der Waals surface area contributed by atoms with Gasteiger partial charge in [-0.3, -0.25) is 0 Å². The van der Waals surface area contributed by atoms with E-state index < -0.39 is 11.8 Å². The summed E-state index contributed by atoms with van der Waals surface area (Å²) in [4.78, 5) is 12.2. The van der Waals surface area contributed by atoms with Crippen molar-refractivity contribution in [1.29, 1.82) is 0 Å². The van der Waals surface area contributed by atoms with Crippen LogP contribution in [0.25, 0.3) is 0 Å². The van der Waals surface area contributed by atoms with Gasteiger partial charge in [0.2, 0.25) is 0 Å². The summed E-state index contributed by atoms with van der Waals surface area (Å²) in [6.45, 7) is 5.31. The Morgan fingerprint density at radius 2 is 1.48 bits per heavy atom. The van der Waals surface area contributed by atoms with Gasteiger partial charge in [0.15, 0.2) is 11.6 Å². The van der Waals surface area contributed by atoms with Gasteiger partial charge < -0.3 is 14.2 Å². The van der Waals surface area contributed by atoms with Crippen LogP contribution >= 0.6 is 0 Å². The smallest absolute Gasteiger partial charge is 0.343 e. The van der Waals surface area contributed by atoms with Crippen LogP contribution in [0.5, 0.6) is 17.2 Å². The van der Waals surface area contributed by atoms with E-state index in [0.717, 1.165) is 19.3 Å². The molecule has 0 amide bonds. The van der Waals surface area contributed by atoms with Crippen LogP contribution < -0.4 is 14.2 Å². The maximum atomic E-state index is 14.2. The molecule has 0 fully saturated rings. The number of esters is 1. The first-order chi connectivity index (χ1) is 14.1. The quantitative estimate of drug-likeness (QED) is 0.216. The first kappa shape index (κ1) is 22.7. The third-order valence-electron chi connectivity index (χ3n) is 4.43. The summed E-state index contributed by atoms with van der Waals surface area (Å²) in [5, 5.41) is 0. The number of carbonyl (C=O) groups excluding carboxylic acids is 1. The van der Waals surface area contributed by atoms with Crippen LogP contribution in [-0.4, -0.2) is 19.2 Å². The van der Waals surface area contributed by atoms with Crippen molar-refractivity contribution >= 4 is 5.97 Å². The van der Waals surface area contributed by atoms with Gasteiger partial charge in [0, 0.05) is 6.07 Å². The first-order valence-corrected chi connectivity index (χ1v) is 10.5. The van der Waals surface area contributed by atoms with Gasteiger partial charge in [-0.05, 0) is 49.2 Å². The number of ether oxygens (including phenoxy) is 3. The molecule has 2 aromatic carbocycles. The molecule has 0 saturated heterocycles. The second-order valence-electron chi connectivity index (χ2n) is 6.97. The van der Waals surface area contributed by atoms with E-state index in [-0.39, 0.29) is 11.5 Å². The third kappa shape index (κ3) is 8.14. The summed E-state index contributed by atoms with van der Waals surface area (Å²) in [6.07, 6.45) is 7.79. The van der Waals surface area contributed by atoms with Crippen molar-refractivity contribution in [2.45, 2.75) is 58.8 Å². The molecule has 4 nitrogen and oxygen atoms in total. The molecule has 0 aromatic heterocycles. The standard InChI is InChI=1S/C24H31FO4/c1-3-5-6-7-8-9-17-28-23-15-14-21(18-22(23)25)29-24(26)19-10-12-20(13-11-19)27-16-4-2/h10-15,18H,3-9,16-17H2,1-2H3. The molecule has 158 valence electrons. The fourth-order valence-corrected chi connectivity index (χ4v) is 2.80. The van der Waals surface area contributed by atoms with E-state index in [1.807, 2.05) is 6.92 Å². The van der Waals surface area contributed by atoms with Gasteiger partial charge in [-0.2, -0.15) is 0 Å². The molecular formula is C24H31FO4. The summed E-state index contributed by atoms with van der Waals surface area (Å²) < 4.78 is 30.5. The number of halogens is 1. The van der Waals surface area contributed by atoms with E-state index in [1.54, 1.807) is 24.3 Å². The van der Waals surface area contributed by atoms with E-state index in [2.05, 4.69) is 6.92 Å². The molecular weight excluding hydrogens is 371 g/mol. The van der Waals surface area contributed by atoms with Crippen molar-refractivity contribution in [3.63, 3.8) is 0 Å². The molecule has 0 spiro atoms. The summed E-state index contributed by atoms with van der Waals surface area (Å²) in [5.41, 5.74) is 0.373. The fourth-order valence-electron chi connectivity index (χ4n) is 2.80. The van der Waals surface area contributed by atoms with Gasteiger partial charge >= 0.3 is 5.97 Å². The predicted molar refractivity (Wildman–Crippen MR) is 112 cm³/mol. The van der Waals surface area contributed by atoms with Crippen molar-refractivity contribution in [2.75, 3.05) is 13.2 Å². The molecule has 2 rings (SSSR count). The Labute approximate surface area is 173 Å². The SMILES string of the molecule is CCCCCCCCOc1ccc(OC(=O)c2ccc(OCCC)cc2)cc1F. The van der Waals surface area contributed by atoms with Crippen LogP contribution in [-0.2, 0) is 0 Å². The van der Waals surface area contributed by atoms with Gasteiger partial charge in [-0.1, -0.05) is 46.0 Å². The molecule has 29 heavy (non-hydrogen) atoms. The number of hydrogen-bond acceptors (Lipinski definition) is 4. The van der Waals surface area contributed by atoms with Crippen molar-refractivity contribution in [1.82, 2.24) is 0 Å².